The third kappa shape index (κ3) is 5.73. The fourth-order valence-electron chi connectivity index (χ4n) is 1.07. The molecule has 12 heavy (non-hydrogen) atoms. The van der Waals surface area contributed by atoms with Crippen molar-refractivity contribution in [2.75, 3.05) is 0 Å². The lowest BCUT2D eigenvalue weighted by Crippen LogP contribution is -1.89. The lowest BCUT2D eigenvalue weighted by Gasteiger charge is -2.02. The van der Waals surface area contributed by atoms with Crippen LogP contribution >= 0.6 is 0 Å². The number of nitriles is 1. The van der Waals surface area contributed by atoms with Crippen LogP contribution in [0.15, 0.2) is 23.8 Å². The molecule has 1 atom stereocenters. The summed E-state index contributed by atoms with van der Waals surface area (Å²) in [5.74, 6) is 0.515. The Bertz CT molecular complexity index is 206. The second kappa shape index (κ2) is 6.67. The molecule has 0 aromatic heterocycles. The Morgan fingerprint density at radius 2 is 2.25 bits per heavy atom. The van der Waals surface area contributed by atoms with Crippen LogP contribution in [0.4, 0.5) is 0 Å². The lowest BCUT2D eigenvalue weighted by atomic mass is 10.0. The van der Waals surface area contributed by atoms with Crippen molar-refractivity contribution in [3.63, 3.8) is 0 Å². The number of rotatable bonds is 4. The van der Waals surface area contributed by atoms with E-state index in [-0.39, 0.29) is 0 Å². The summed E-state index contributed by atoms with van der Waals surface area (Å²) < 4.78 is 0. The van der Waals surface area contributed by atoms with Gasteiger partial charge in [-0.3, -0.25) is 0 Å². The maximum atomic E-state index is 8.52. The summed E-state index contributed by atoms with van der Waals surface area (Å²) in [7, 11) is 0. The highest BCUT2D eigenvalue weighted by atomic mass is 14.2. The van der Waals surface area contributed by atoms with Gasteiger partial charge in [-0.2, -0.15) is 5.26 Å². The van der Waals surface area contributed by atoms with Crippen molar-refractivity contribution in [3.05, 3.63) is 23.8 Å². The predicted octanol–water partition coefficient (Wildman–Crippen LogP) is 3.45. The molecule has 66 valence electrons. The molecule has 0 rings (SSSR count). The van der Waals surface area contributed by atoms with Gasteiger partial charge in [-0.15, -0.1) is 0 Å². The van der Waals surface area contributed by atoms with Crippen LogP contribution < -0.4 is 0 Å². The molecule has 0 aliphatic heterocycles. The van der Waals surface area contributed by atoms with Gasteiger partial charge in [0.25, 0.3) is 0 Å². The third-order valence-corrected chi connectivity index (χ3v) is 1.74. The van der Waals surface area contributed by atoms with Gasteiger partial charge in [-0.25, -0.2) is 0 Å². The quantitative estimate of drug-likeness (QED) is 0.460. The van der Waals surface area contributed by atoms with Crippen molar-refractivity contribution in [3.8, 4) is 6.07 Å². The van der Waals surface area contributed by atoms with Crippen LogP contribution in [0.2, 0.25) is 0 Å². The Morgan fingerprint density at radius 1 is 1.58 bits per heavy atom. The van der Waals surface area contributed by atoms with Crippen LogP contribution in [0, 0.1) is 17.2 Å². The van der Waals surface area contributed by atoms with Crippen LogP contribution in [0.3, 0.4) is 0 Å². The van der Waals surface area contributed by atoms with Crippen LogP contribution in [-0.4, -0.2) is 0 Å². The summed E-state index contributed by atoms with van der Waals surface area (Å²) >= 11 is 0. The molecule has 0 N–H and O–H groups in total. The zero-order chi connectivity index (χ0) is 9.40. The lowest BCUT2D eigenvalue weighted by molar-refractivity contribution is 0.655. The number of hydrogen-bond acceptors (Lipinski definition) is 1. The Balaban J connectivity index is 3.75. The zero-order valence-electron chi connectivity index (χ0n) is 8.17. The van der Waals surface area contributed by atoms with Gasteiger partial charge in [0.1, 0.15) is 0 Å². The molecule has 0 amide bonds. The van der Waals surface area contributed by atoms with Gasteiger partial charge in [0.05, 0.1) is 6.07 Å². The van der Waals surface area contributed by atoms with E-state index in [0.29, 0.717) is 5.92 Å². The minimum Gasteiger partial charge on any atom is -0.193 e. The fraction of sp³-hybridized carbons (Fsp3) is 0.545. The minimum absolute atomic E-state index is 0.515. The van der Waals surface area contributed by atoms with E-state index in [1.54, 1.807) is 0 Å². The molecule has 0 saturated heterocycles. The zero-order valence-corrected chi connectivity index (χ0v) is 8.17. The first kappa shape index (κ1) is 11.0. The van der Waals surface area contributed by atoms with Crippen molar-refractivity contribution in [2.45, 2.75) is 33.6 Å². The first-order valence-electron chi connectivity index (χ1n) is 4.40. The van der Waals surface area contributed by atoms with Crippen molar-refractivity contribution >= 4 is 0 Å². The number of allylic oxidation sites excluding steroid dienone is 4. The summed E-state index contributed by atoms with van der Waals surface area (Å²) in [5.41, 5.74) is 0.822. The SMILES string of the molecule is CC=CCCC(C)C=C(C)C#N. The second-order valence-electron chi connectivity index (χ2n) is 3.09. The standard InChI is InChI=1S/C11H17N/c1-4-5-6-7-10(2)8-11(3)9-12/h4-5,8,10H,6-7H2,1-3H3. The Labute approximate surface area is 75.4 Å². The van der Waals surface area contributed by atoms with Crippen molar-refractivity contribution in [1.82, 2.24) is 0 Å². The van der Waals surface area contributed by atoms with E-state index in [2.05, 4.69) is 25.1 Å². The predicted molar refractivity (Wildman–Crippen MR) is 52.6 cm³/mol. The number of nitrogens with zero attached hydrogens (tertiary/aromatic N) is 1. The molecule has 0 aromatic rings. The van der Waals surface area contributed by atoms with Crippen LogP contribution in [0.1, 0.15) is 33.6 Å². The topological polar surface area (TPSA) is 23.8 Å². The number of hydrogen-bond donors (Lipinski definition) is 0. The summed E-state index contributed by atoms with van der Waals surface area (Å²) in [6.45, 7) is 6.03. The second-order valence-corrected chi connectivity index (χ2v) is 3.09. The smallest absolute Gasteiger partial charge is 0.0940 e. The van der Waals surface area contributed by atoms with E-state index in [9.17, 15) is 0 Å². The van der Waals surface area contributed by atoms with Gasteiger partial charge in [0.15, 0.2) is 0 Å². The molecule has 1 unspecified atom stereocenters. The third-order valence-electron chi connectivity index (χ3n) is 1.74. The molecule has 0 heterocycles. The van der Waals surface area contributed by atoms with Gasteiger partial charge in [-0.1, -0.05) is 25.2 Å². The summed E-state index contributed by atoms with van der Waals surface area (Å²) in [6, 6.07) is 2.13. The van der Waals surface area contributed by atoms with Gasteiger partial charge in [-0.05, 0) is 32.6 Å². The highest BCUT2D eigenvalue weighted by molar-refractivity contribution is 5.17. The van der Waals surface area contributed by atoms with E-state index >= 15 is 0 Å². The molecule has 0 aromatic carbocycles. The maximum Gasteiger partial charge on any atom is 0.0940 e. The first-order valence-corrected chi connectivity index (χ1v) is 4.40. The first-order chi connectivity index (χ1) is 5.70. The summed E-state index contributed by atoms with van der Waals surface area (Å²) in [4.78, 5) is 0. The largest absolute Gasteiger partial charge is 0.193 e. The van der Waals surface area contributed by atoms with E-state index in [0.717, 1.165) is 18.4 Å². The van der Waals surface area contributed by atoms with Crippen LogP contribution in [0.25, 0.3) is 0 Å². The molecule has 0 fully saturated rings. The van der Waals surface area contributed by atoms with E-state index in [1.807, 2.05) is 19.9 Å². The van der Waals surface area contributed by atoms with E-state index < -0.39 is 0 Å². The van der Waals surface area contributed by atoms with Gasteiger partial charge >= 0.3 is 0 Å². The minimum atomic E-state index is 0.515. The molecule has 1 nitrogen and oxygen atoms in total. The Hall–Kier alpha value is -1.03. The molecule has 0 spiro atoms. The molecule has 0 aliphatic rings. The maximum absolute atomic E-state index is 8.52. The molecular formula is C11H17N. The average Bonchev–Trinajstić information content (AvgIpc) is 2.05. The Morgan fingerprint density at radius 3 is 2.75 bits per heavy atom. The van der Waals surface area contributed by atoms with Gasteiger partial charge in [0.2, 0.25) is 0 Å². The summed E-state index contributed by atoms with van der Waals surface area (Å²) in [6.07, 6.45) is 8.49. The highest BCUT2D eigenvalue weighted by Crippen LogP contribution is 2.09. The molecule has 0 saturated carbocycles. The van der Waals surface area contributed by atoms with Crippen molar-refractivity contribution in [2.24, 2.45) is 5.92 Å². The van der Waals surface area contributed by atoms with Crippen molar-refractivity contribution < 1.29 is 0 Å². The van der Waals surface area contributed by atoms with Crippen LogP contribution in [-0.2, 0) is 0 Å². The Kier molecular flexibility index (Phi) is 6.09. The van der Waals surface area contributed by atoms with Crippen molar-refractivity contribution in [1.29, 1.82) is 5.26 Å². The molecule has 1 heteroatoms. The monoisotopic (exact) mass is 163 g/mol. The molecule has 0 radical (unpaired) electrons. The van der Waals surface area contributed by atoms with Gasteiger partial charge < -0.3 is 0 Å². The van der Waals surface area contributed by atoms with E-state index in [4.69, 9.17) is 5.26 Å². The molecular weight excluding hydrogens is 146 g/mol. The van der Waals surface area contributed by atoms with Gasteiger partial charge in [0, 0.05) is 5.57 Å². The summed E-state index contributed by atoms with van der Waals surface area (Å²) in [5, 5.41) is 8.52. The molecule has 0 aliphatic carbocycles. The van der Waals surface area contributed by atoms with E-state index in [1.165, 1.54) is 0 Å². The normalized spacial score (nSPS) is 14.7. The highest BCUT2D eigenvalue weighted by Gasteiger charge is 1.96. The average molecular weight is 163 g/mol. The fourth-order valence-corrected chi connectivity index (χ4v) is 1.07. The molecule has 0 bridgehead atoms. The van der Waals surface area contributed by atoms with Crippen LogP contribution in [0.5, 0.6) is 0 Å².